The fraction of sp³-hybridized carbons (Fsp3) is 0.393. The summed E-state index contributed by atoms with van der Waals surface area (Å²) in [5, 5.41) is 0.861. The average molecular weight is 495 g/mol. The van der Waals surface area contributed by atoms with Gasteiger partial charge in [-0.2, -0.15) is 0 Å². The first-order valence-electron chi connectivity index (χ1n) is 12.1. The first-order chi connectivity index (χ1) is 16.8. The minimum Gasteiger partial charge on any atom is -0.476 e. The second-order valence-electron chi connectivity index (χ2n) is 8.54. The zero-order valence-electron chi connectivity index (χ0n) is 21.4. The van der Waals surface area contributed by atoms with Crippen LogP contribution in [0.25, 0.3) is 10.6 Å². The van der Waals surface area contributed by atoms with Crippen LogP contribution in [0.2, 0.25) is 0 Å². The summed E-state index contributed by atoms with van der Waals surface area (Å²) in [5.41, 5.74) is 2.93. The van der Waals surface area contributed by atoms with E-state index in [2.05, 4.69) is 4.98 Å². The zero-order valence-corrected chi connectivity index (χ0v) is 22.2. The van der Waals surface area contributed by atoms with Gasteiger partial charge >= 0.3 is 5.97 Å². The quantitative estimate of drug-likeness (QED) is 0.390. The molecule has 2 aromatic carbocycles. The van der Waals surface area contributed by atoms with Gasteiger partial charge in [0.25, 0.3) is 5.91 Å². The second-order valence-corrected chi connectivity index (χ2v) is 9.54. The molecule has 6 nitrogen and oxygen atoms in total. The van der Waals surface area contributed by atoms with Crippen LogP contribution in [0.4, 0.5) is 0 Å². The van der Waals surface area contributed by atoms with Crippen molar-refractivity contribution in [2.75, 3.05) is 13.2 Å². The number of amides is 1. The molecule has 0 saturated heterocycles. The summed E-state index contributed by atoms with van der Waals surface area (Å²) in [5.74, 6) is 0.244. The molecule has 0 fully saturated rings. The van der Waals surface area contributed by atoms with E-state index in [0.29, 0.717) is 30.3 Å². The van der Waals surface area contributed by atoms with Crippen molar-refractivity contribution in [1.82, 2.24) is 9.88 Å². The summed E-state index contributed by atoms with van der Waals surface area (Å²) < 4.78 is 11.0. The zero-order chi connectivity index (χ0) is 25.6. The second kappa shape index (κ2) is 11.5. The number of ether oxygens (including phenoxy) is 2. The van der Waals surface area contributed by atoms with E-state index in [1.54, 1.807) is 20.8 Å². The van der Waals surface area contributed by atoms with Crippen molar-refractivity contribution < 1.29 is 19.1 Å². The number of aryl methyl sites for hydroxylation is 1. The third-order valence-electron chi connectivity index (χ3n) is 5.63. The van der Waals surface area contributed by atoms with Gasteiger partial charge in [-0.25, -0.2) is 9.78 Å². The lowest BCUT2D eigenvalue weighted by atomic mass is 9.99. The van der Waals surface area contributed by atoms with Crippen LogP contribution in [0.5, 0.6) is 5.75 Å². The third-order valence-corrected chi connectivity index (χ3v) is 6.82. The van der Waals surface area contributed by atoms with Crippen molar-refractivity contribution in [1.29, 1.82) is 0 Å². The summed E-state index contributed by atoms with van der Waals surface area (Å²) in [6.45, 7) is 12.5. The highest BCUT2D eigenvalue weighted by Gasteiger charge is 2.32. The van der Waals surface area contributed by atoms with Crippen molar-refractivity contribution in [3.8, 4) is 16.3 Å². The van der Waals surface area contributed by atoms with E-state index in [0.717, 1.165) is 33.8 Å². The first-order valence-corrected chi connectivity index (χ1v) is 12.9. The molecular formula is C28H34N2O4S. The molecule has 0 atom stereocenters. The number of hydrogen-bond donors (Lipinski definition) is 0. The van der Waals surface area contributed by atoms with Gasteiger partial charge in [0.2, 0.25) is 0 Å². The predicted molar refractivity (Wildman–Crippen MR) is 140 cm³/mol. The molecule has 1 amide bonds. The van der Waals surface area contributed by atoms with E-state index in [4.69, 9.17) is 9.47 Å². The van der Waals surface area contributed by atoms with Gasteiger partial charge in [0.1, 0.15) is 15.6 Å². The Bertz CT molecular complexity index is 1170. The van der Waals surface area contributed by atoms with E-state index in [1.807, 2.05) is 74.2 Å². The van der Waals surface area contributed by atoms with Gasteiger partial charge in [0, 0.05) is 18.7 Å². The van der Waals surface area contributed by atoms with Gasteiger partial charge < -0.3 is 14.4 Å². The maximum absolute atomic E-state index is 13.3. The lowest BCUT2D eigenvalue weighted by Gasteiger charge is -2.30. The summed E-state index contributed by atoms with van der Waals surface area (Å²) in [7, 11) is 0. The van der Waals surface area contributed by atoms with Crippen LogP contribution >= 0.6 is 11.3 Å². The number of esters is 1. The first kappa shape index (κ1) is 26.4. The number of rotatable bonds is 6. The van der Waals surface area contributed by atoms with Gasteiger partial charge in [-0.15, -0.1) is 11.3 Å². The standard InChI is InChI=1S/C26H28N2O4S.C2H6/c1-5-31-25(30)26(3,4)32-21-12-11-20-16-28(14-13-19(20)15-21)24(29)22-17(2)27-23(33-22)18-9-7-6-8-10-18;1-2/h6-12,15H,5,13-14,16H2,1-4H3;1-2H3. The molecule has 1 aliphatic heterocycles. The highest BCUT2D eigenvalue weighted by molar-refractivity contribution is 7.17. The van der Waals surface area contributed by atoms with Crippen molar-refractivity contribution in [3.05, 3.63) is 70.2 Å². The predicted octanol–water partition coefficient (Wildman–Crippen LogP) is 6.06. The van der Waals surface area contributed by atoms with Crippen LogP contribution in [-0.4, -0.2) is 40.5 Å². The highest BCUT2D eigenvalue weighted by atomic mass is 32.1. The molecule has 3 aromatic rings. The summed E-state index contributed by atoms with van der Waals surface area (Å²) in [6.07, 6.45) is 0.724. The molecule has 4 rings (SSSR count). The molecule has 2 heterocycles. The lowest BCUT2D eigenvalue weighted by molar-refractivity contribution is -0.158. The number of aromatic nitrogens is 1. The van der Waals surface area contributed by atoms with Gasteiger partial charge in [-0.05, 0) is 57.4 Å². The Morgan fingerprint density at radius 1 is 1.09 bits per heavy atom. The minimum absolute atomic E-state index is 0.0154. The Hall–Kier alpha value is -3.19. The molecule has 0 aliphatic carbocycles. The SMILES string of the molecule is CC.CCOC(=O)C(C)(C)Oc1ccc2c(c1)CCN(C(=O)c1sc(-c3ccccc3)nc1C)C2. The van der Waals surface area contributed by atoms with E-state index < -0.39 is 11.6 Å². The Balaban J connectivity index is 0.00000167. The Morgan fingerprint density at radius 2 is 1.80 bits per heavy atom. The molecule has 186 valence electrons. The summed E-state index contributed by atoms with van der Waals surface area (Å²) in [6, 6.07) is 15.7. The molecule has 0 unspecified atom stereocenters. The molecule has 7 heteroatoms. The van der Waals surface area contributed by atoms with E-state index >= 15 is 0 Å². The third kappa shape index (κ3) is 6.09. The van der Waals surface area contributed by atoms with Crippen LogP contribution in [0, 0.1) is 6.92 Å². The fourth-order valence-corrected chi connectivity index (χ4v) is 4.89. The number of fused-ring (bicyclic) bond motifs is 1. The highest BCUT2D eigenvalue weighted by Crippen LogP contribution is 2.31. The monoisotopic (exact) mass is 494 g/mol. The Morgan fingerprint density at radius 3 is 2.49 bits per heavy atom. The van der Waals surface area contributed by atoms with Gasteiger partial charge in [-0.3, -0.25) is 4.79 Å². The number of nitrogens with zero attached hydrogens (tertiary/aromatic N) is 2. The molecular weight excluding hydrogens is 460 g/mol. The Labute approximate surface area is 211 Å². The topological polar surface area (TPSA) is 68.7 Å². The van der Waals surface area contributed by atoms with Crippen LogP contribution in [0.15, 0.2) is 48.5 Å². The van der Waals surface area contributed by atoms with Crippen molar-refractivity contribution in [3.63, 3.8) is 0 Å². The number of carbonyl (C=O) groups excluding carboxylic acids is 2. The van der Waals surface area contributed by atoms with Gasteiger partial charge in [0.15, 0.2) is 5.60 Å². The number of benzene rings is 2. The Kier molecular flexibility index (Phi) is 8.67. The largest absolute Gasteiger partial charge is 0.476 e. The molecule has 0 spiro atoms. The molecule has 0 bridgehead atoms. The van der Waals surface area contributed by atoms with Crippen molar-refractivity contribution in [2.45, 2.75) is 60.1 Å². The van der Waals surface area contributed by atoms with Crippen LogP contribution in [0.3, 0.4) is 0 Å². The molecule has 0 radical (unpaired) electrons. The van der Waals surface area contributed by atoms with Gasteiger partial charge in [0.05, 0.1) is 12.3 Å². The smallest absolute Gasteiger partial charge is 0.349 e. The van der Waals surface area contributed by atoms with Crippen LogP contribution < -0.4 is 4.74 Å². The average Bonchev–Trinajstić information content (AvgIpc) is 3.26. The molecule has 0 N–H and O–H groups in total. The van der Waals surface area contributed by atoms with E-state index in [1.165, 1.54) is 11.3 Å². The molecule has 1 aromatic heterocycles. The summed E-state index contributed by atoms with van der Waals surface area (Å²) >= 11 is 1.44. The number of carbonyl (C=O) groups is 2. The molecule has 0 saturated carbocycles. The normalized spacial score (nSPS) is 12.8. The lowest BCUT2D eigenvalue weighted by Crippen LogP contribution is -2.40. The summed E-state index contributed by atoms with van der Waals surface area (Å²) in [4.78, 5) is 32.6. The van der Waals surface area contributed by atoms with E-state index in [-0.39, 0.29) is 5.91 Å². The van der Waals surface area contributed by atoms with Crippen molar-refractivity contribution >= 4 is 23.2 Å². The fourth-order valence-electron chi connectivity index (χ4n) is 3.85. The number of hydrogen-bond acceptors (Lipinski definition) is 6. The van der Waals surface area contributed by atoms with Crippen molar-refractivity contribution in [2.24, 2.45) is 0 Å². The van der Waals surface area contributed by atoms with Gasteiger partial charge in [-0.1, -0.05) is 50.2 Å². The van der Waals surface area contributed by atoms with E-state index in [9.17, 15) is 9.59 Å². The number of thiazole rings is 1. The minimum atomic E-state index is -1.07. The maximum atomic E-state index is 13.3. The van der Waals surface area contributed by atoms with Crippen LogP contribution in [-0.2, 0) is 22.5 Å². The van der Waals surface area contributed by atoms with Crippen LogP contribution in [0.1, 0.15) is 61.1 Å². The molecule has 1 aliphatic rings. The molecule has 35 heavy (non-hydrogen) atoms. The maximum Gasteiger partial charge on any atom is 0.349 e.